The molecule has 0 aliphatic rings. The molecule has 0 bridgehead atoms. The van der Waals surface area contributed by atoms with Gasteiger partial charge in [0.1, 0.15) is 17.3 Å². The van der Waals surface area contributed by atoms with Crippen LogP contribution in [-0.4, -0.2) is 30.9 Å². The summed E-state index contributed by atoms with van der Waals surface area (Å²) in [5, 5.41) is 7.03. The summed E-state index contributed by atoms with van der Waals surface area (Å²) in [6.07, 6.45) is 0.441. The Morgan fingerprint density at radius 1 is 1.14 bits per heavy atom. The van der Waals surface area contributed by atoms with Crippen molar-refractivity contribution in [3.8, 4) is 11.5 Å². The van der Waals surface area contributed by atoms with Gasteiger partial charge in [-0.2, -0.15) is 0 Å². The normalized spacial score (nSPS) is 10.5. The number of halogens is 1. The van der Waals surface area contributed by atoms with Gasteiger partial charge in [0.05, 0.1) is 19.7 Å². The number of hydrogen-bond acceptors (Lipinski definition) is 4. The summed E-state index contributed by atoms with van der Waals surface area (Å²) in [7, 11) is 3.12. The molecule has 3 aromatic rings. The van der Waals surface area contributed by atoms with Crippen LogP contribution in [0.5, 0.6) is 11.5 Å². The van der Waals surface area contributed by atoms with Gasteiger partial charge in [-0.3, -0.25) is 4.79 Å². The molecule has 0 radical (unpaired) electrons. The Kier molecular flexibility index (Phi) is 6.10. The van der Waals surface area contributed by atoms with Crippen LogP contribution in [0.2, 0.25) is 0 Å². The number of hydrogen-bond donors (Lipinski definition) is 3. The maximum absolute atomic E-state index is 13.2. The van der Waals surface area contributed by atoms with Gasteiger partial charge in [0.25, 0.3) is 5.56 Å². The first-order valence-corrected chi connectivity index (χ1v) is 9.00. The molecule has 0 atom stereocenters. The van der Waals surface area contributed by atoms with Crippen LogP contribution in [0.15, 0.2) is 47.3 Å². The zero-order valence-electron chi connectivity index (χ0n) is 15.5. The van der Waals surface area contributed by atoms with E-state index in [0.717, 1.165) is 5.39 Å². The molecule has 3 rings (SSSR count). The summed E-state index contributed by atoms with van der Waals surface area (Å²) in [4.78, 5) is 15.3. The fraction of sp³-hybridized carbons (Fsp3) is 0.200. The van der Waals surface area contributed by atoms with Gasteiger partial charge in [-0.15, -0.1) is 0 Å². The number of ether oxygens (including phenoxy) is 2. The Morgan fingerprint density at radius 2 is 1.89 bits per heavy atom. The second kappa shape index (κ2) is 8.71. The van der Waals surface area contributed by atoms with Gasteiger partial charge >= 0.3 is 0 Å². The van der Waals surface area contributed by atoms with Gasteiger partial charge in [0.2, 0.25) is 0 Å². The number of aromatic amines is 1. The highest BCUT2D eigenvalue weighted by molar-refractivity contribution is 7.80. The molecule has 0 spiro atoms. The second-order valence-electron chi connectivity index (χ2n) is 6.02. The number of benzene rings is 2. The molecular weight excluding hydrogens is 381 g/mol. The standard InChI is InChI=1S/C20H20FN3O3S/c1-26-16-6-7-17(27-2)18-15(16)10-12(19(25)24-18)8-9-22-20(28)23-14-5-3-4-13(21)11-14/h3-7,10-11H,8-9H2,1-2H3,(H,24,25)(H2,22,23,28). The molecule has 0 aliphatic carbocycles. The van der Waals surface area contributed by atoms with E-state index in [0.29, 0.717) is 46.3 Å². The van der Waals surface area contributed by atoms with Gasteiger partial charge in [-0.25, -0.2) is 4.39 Å². The predicted molar refractivity (Wildman–Crippen MR) is 112 cm³/mol. The topological polar surface area (TPSA) is 75.4 Å². The van der Waals surface area contributed by atoms with Crippen LogP contribution in [0, 0.1) is 5.82 Å². The smallest absolute Gasteiger partial charge is 0.251 e. The van der Waals surface area contributed by atoms with E-state index in [1.807, 2.05) is 0 Å². The zero-order valence-corrected chi connectivity index (χ0v) is 16.3. The molecule has 3 N–H and O–H groups in total. The quantitative estimate of drug-likeness (QED) is 0.551. The van der Waals surface area contributed by atoms with Crippen LogP contribution < -0.4 is 25.7 Å². The fourth-order valence-electron chi connectivity index (χ4n) is 2.87. The van der Waals surface area contributed by atoms with Crippen molar-refractivity contribution < 1.29 is 13.9 Å². The van der Waals surface area contributed by atoms with Crippen molar-refractivity contribution >= 4 is 33.9 Å². The maximum Gasteiger partial charge on any atom is 0.251 e. The first-order chi connectivity index (χ1) is 13.5. The monoisotopic (exact) mass is 401 g/mol. The van der Waals surface area contributed by atoms with Crippen molar-refractivity contribution in [1.29, 1.82) is 0 Å². The van der Waals surface area contributed by atoms with E-state index in [1.54, 1.807) is 44.6 Å². The SMILES string of the molecule is COc1ccc(OC)c2[nH]c(=O)c(CCNC(=S)Nc3cccc(F)c3)cc12. The molecule has 146 valence electrons. The molecule has 0 saturated heterocycles. The summed E-state index contributed by atoms with van der Waals surface area (Å²) in [6, 6.07) is 11.3. The summed E-state index contributed by atoms with van der Waals surface area (Å²) < 4.78 is 23.9. The highest BCUT2D eigenvalue weighted by atomic mass is 32.1. The Hall–Kier alpha value is -3.13. The largest absolute Gasteiger partial charge is 0.496 e. The van der Waals surface area contributed by atoms with E-state index >= 15 is 0 Å². The van der Waals surface area contributed by atoms with E-state index in [4.69, 9.17) is 21.7 Å². The Balaban J connectivity index is 1.71. The molecule has 2 aromatic carbocycles. The van der Waals surface area contributed by atoms with E-state index < -0.39 is 0 Å². The number of fused-ring (bicyclic) bond motifs is 1. The Morgan fingerprint density at radius 3 is 2.61 bits per heavy atom. The van der Waals surface area contributed by atoms with E-state index in [2.05, 4.69) is 15.6 Å². The highest BCUT2D eigenvalue weighted by Crippen LogP contribution is 2.31. The third kappa shape index (κ3) is 4.40. The van der Waals surface area contributed by atoms with E-state index in [-0.39, 0.29) is 11.4 Å². The molecule has 0 amide bonds. The number of H-pyrrole nitrogens is 1. The van der Waals surface area contributed by atoms with Gasteiger partial charge in [0, 0.05) is 23.2 Å². The van der Waals surface area contributed by atoms with Crippen molar-refractivity contribution in [3.05, 3.63) is 64.2 Å². The average molecular weight is 401 g/mol. The third-order valence-electron chi connectivity index (χ3n) is 4.22. The summed E-state index contributed by atoms with van der Waals surface area (Å²) in [6.45, 7) is 0.433. The fourth-order valence-corrected chi connectivity index (χ4v) is 3.09. The molecule has 0 aliphatic heterocycles. The van der Waals surface area contributed by atoms with Crippen LogP contribution in [0.25, 0.3) is 10.9 Å². The highest BCUT2D eigenvalue weighted by Gasteiger charge is 2.11. The molecule has 1 aromatic heterocycles. The molecule has 8 heteroatoms. The van der Waals surface area contributed by atoms with E-state index in [9.17, 15) is 9.18 Å². The lowest BCUT2D eigenvalue weighted by atomic mass is 10.1. The average Bonchev–Trinajstić information content (AvgIpc) is 2.67. The number of nitrogens with one attached hydrogen (secondary N) is 3. The van der Waals surface area contributed by atoms with Crippen LogP contribution in [0.3, 0.4) is 0 Å². The van der Waals surface area contributed by atoms with Gasteiger partial charge in [-0.05, 0) is 55.0 Å². The minimum Gasteiger partial charge on any atom is -0.496 e. The zero-order chi connectivity index (χ0) is 20.1. The molecule has 0 fully saturated rings. The van der Waals surface area contributed by atoms with Crippen LogP contribution >= 0.6 is 12.2 Å². The minimum atomic E-state index is -0.347. The lowest BCUT2D eigenvalue weighted by molar-refractivity contribution is 0.409. The number of thiocarbonyl (C=S) groups is 1. The lowest BCUT2D eigenvalue weighted by Crippen LogP contribution is -2.31. The molecule has 0 unspecified atom stereocenters. The Bertz CT molecular complexity index is 1070. The van der Waals surface area contributed by atoms with Crippen molar-refractivity contribution in [2.24, 2.45) is 0 Å². The third-order valence-corrected chi connectivity index (χ3v) is 4.46. The molecule has 0 saturated carbocycles. The number of rotatable bonds is 6. The predicted octanol–water partition coefficient (Wildman–Crippen LogP) is 3.21. The van der Waals surface area contributed by atoms with E-state index in [1.165, 1.54) is 12.1 Å². The van der Waals surface area contributed by atoms with Gasteiger partial charge in [0.15, 0.2) is 5.11 Å². The molecule has 1 heterocycles. The Labute approximate surface area is 166 Å². The summed E-state index contributed by atoms with van der Waals surface area (Å²) in [5.41, 5.74) is 1.52. The second-order valence-corrected chi connectivity index (χ2v) is 6.43. The van der Waals surface area contributed by atoms with Crippen molar-refractivity contribution in [2.45, 2.75) is 6.42 Å². The number of aromatic nitrogens is 1. The van der Waals surface area contributed by atoms with Crippen LogP contribution in [0.1, 0.15) is 5.56 Å². The first-order valence-electron chi connectivity index (χ1n) is 8.59. The summed E-state index contributed by atoms with van der Waals surface area (Å²) >= 11 is 5.21. The number of pyridine rings is 1. The molecule has 6 nitrogen and oxygen atoms in total. The minimum absolute atomic E-state index is 0.204. The van der Waals surface area contributed by atoms with Gasteiger partial charge in [-0.1, -0.05) is 6.07 Å². The summed E-state index contributed by atoms with van der Waals surface area (Å²) in [5.74, 6) is 0.863. The van der Waals surface area contributed by atoms with Crippen LogP contribution in [0.4, 0.5) is 10.1 Å². The molecular formula is C20H20FN3O3S. The lowest BCUT2D eigenvalue weighted by Gasteiger charge is -2.12. The maximum atomic E-state index is 13.2. The van der Waals surface area contributed by atoms with Crippen molar-refractivity contribution in [1.82, 2.24) is 10.3 Å². The van der Waals surface area contributed by atoms with Crippen molar-refractivity contribution in [3.63, 3.8) is 0 Å². The van der Waals surface area contributed by atoms with Crippen LogP contribution in [-0.2, 0) is 6.42 Å². The first kappa shape index (κ1) is 19.6. The number of anilines is 1. The van der Waals surface area contributed by atoms with Gasteiger partial charge < -0.3 is 25.1 Å². The van der Waals surface area contributed by atoms with Crippen molar-refractivity contribution in [2.75, 3.05) is 26.1 Å². The molecule has 28 heavy (non-hydrogen) atoms. The number of methoxy groups -OCH3 is 2.